The third-order valence-electron chi connectivity index (χ3n) is 3.34. The Balaban J connectivity index is 2.16. The number of ether oxygens (including phenoxy) is 1. The summed E-state index contributed by atoms with van der Waals surface area (Å²) in [5, 5.41) is 19.3. The number of benzene rings is 2. The van der Waals surface area contributed by atoms with Gasteiger partial charge in [-0.25, -0.2) is 0 Å². The average molecular weight is 285 g/mol. The molecule has 0 fully saturated rings. The van der Waals surface area contributed by atoms with Crippen LogP contribution in [0.4, 0.5) is 0 Å². The molecule has 3 rings (SSSR count). The smallest absolute Gasteiger partial charge is 0.197 e. The molecule has 5 nitrogen and oxygen atoms in total. The first-order chi connectivity index (χ1) is 10.2. The maximum atomic E-state index is 12.5. The highest BCUT2D eigenvalue weighted by atomic mass is 16.5. The number of H-pyrrole nitrogens is 1. The van der Waals surface area contributed by atoms with E-state index in [0.717, 1.165) is 5.52 Å². The Bertz CT molecular complexity index is 840. The van der Waals surface area contributed by atoms with Gasteiger partial charge < -0.3 is 19.9 Å². The first kappa shape index (κ1) is 13.6. The van der Waals surface area contributed by atoms with Crippen LogP contribution in [0.15, 0.2) is 47.3 Å². The van der Waals surface area contributed by atoms with Crippen molar-refractivity contribution < 1.29 is 14.9 Å². The van der Waals surface area contributed by atoms with Gasteiger partial charge in [0.05, 0.1) is 12.1 Å². The lowest BCUT2D eigenvalue weighted by Crippen LogP contribution is -2.21. The zero-order valence-corrected chi connectivity index (χ0v) is 11.2. The van der Waals surface area contributed by atoms with Gasteiger partial charge in [0.2, 0.25) is 0 Å². The lowest BCUT2D eigenvalue weighted by molar-refractivity contribution is 0.0540. The molecule has 0 spiro atoms. The molecular formula is C16H15NO4. The second-order valence-electron chi connectivity index (χ2n) is 4.83. The Morgan fingerprint density at radius 2 is 1.86 bits per heavy atom. The van der Waals surface area contributed by atoms with E-state index in [0.29, 0.717) is 22.0 Å². The summed E-state index contributed by atoms with van der Waals surface area (Å²) in [6.07, 6.45) is -0.951. The van der Waals surface area contributed by atoms with E-state index in [1.165, 1.54) is 0 Å². The molecule has 21 heavy (non-hydrogen) atoms. The van der Waals surface area contributed by atoms with Crippen LogP contribution in [0.1, 0.15) is 0 Å². The van der Waals surface area contributed by atoms with E-state index in [1.54, 1.807) is 24.3 Å². The van der Waals surface area contributed by atoms with Crippen LogP contribution in [-0.4, -0.2) is 34.5 Å². The first-order valence-electron chi connectivity index (χ1n) is 6.66. The normalized spacial score (nSPS) is 12.7. The summed E-state index contributed by atoms with van der Waals surface area (Å²) in [5.74, 6) is 0.475. The molecule has 3 N–H and O–H groups in total. The number of fused-ring (bicyclic) bond motifs is 2. The minimum absolute atomic E-state index is 0.0372. The van der Waals surface area contributed by atoms with Gasteiger partial charge in [-0.1, -0.05) is 18.2 Å². The summed E-state index contributed by atoms with van der Waals surface area (Å²) in [4.78, 5) is 15.7. The van der Waals surface area contributed by atoms with Crippen molar-refractivity contribution in [1.82, 2.24) is 4.98 Å². The number of aliphatic hydroxyl groups is 2. The fraction of sp³-hybridized carbons (Fsp3) is 0.188. The molecule has 0 aliphatic heterocycles. The monoisotopic (exact) mass is 285 g/mol. The summed E-state index contributed by atoms with van der Waals surface area (Å²) < 4.78 is 5.50. The molecule has 2 aromatic carbocycles. The number of pyridine rings is 1. The van der Waals surface area contributed by atoms with Crippen LogP contribution < -0.4 is 10.2 Å². The van der Waals surface area contributed by atoms with Gasteiger partial charge in [0.25, 0.3) is 0 Å². The zero-order valence-electron chi connectivity index (χ0n) is 11.2. The van der Waals surface area contributed by atoms with Crippen molar-refractivity contribution in [3.05, 3.63) is 52.7 Å². The molecule has 5 heteroatoms. The van der Waals surface area contributed by atoms with Crippen molar-refractivity contribution in [3.63, 3.8) is 0 Å². The first-order valence-corrected chi connectivity index (χ1v) is 6.66. The summed E-state index contributed by atoms with van der Waals surface area (Å²) in [6, 6.07) is 12.5. The Kier molecular flexibility index (Phi) is 3.60. The predicted octanol–water partition coefficient (Wildman–Crippen LogP) is 1.41. The van der Waals surface area contributed by atoms with Crippen molar-refractivity contribution in [2.45, 2.75) is 6.10 Å². The quantitative estimate of drug-likeness (QED) is 0.633. The fourth-order valence-electron chi connectivity index (χ4n) is 2.28. The molecule has 0 aliphatic rings. The minimum atomic E-state index is -0.951. The molecule has 0 saturated carbocycles. The average Bonchev–Trinajstić information content (AvgIpc) is 2.53. The van der Waals surface area contributed by atoms with Crippen LogP contribution in [0, 0.1) is 0 Å². The third-order valence-corrected chi connectivity index (χ3v) is 3.34. The topological polar surface area (TPSA) is 82.6 Å². The summed E-state index contributed by atoms with van der Waals surface area (Å²) in [5.41, 5.74) is 1.26. The van der Waals surface area contributed by atoms with Crippen LogP contribution in [0.2, 0.25) is 0 Å². The molecule has 108 valence electrons. The molecule has 0 radical (unpaired) electrons. The van der Waals surface area contributed by atoms with E-state index in [4.69, 9.17) is 9.84 Å². The zero-order chi connectivity index (χ0) is 14.8. The van der Waals surface area contributed by atoms with E-state index < -0.39 is 6.10 Å². The maximum Gasteiger partial charge on any atom is 0.197 e. The van der Waals surface area contributed by atoms with E-state index >= 15 is 0 Å². The van der Waals surface area contributed by atoms with Gasteiger partial charge in [0, 0.05) is 16.3 Å². The number of rotatable bonds is 4. The summed E-state index contributed by atoms with van der Waals surface area (Å²) in [7, 11) is 0. The number of hydrogen-bond acceptors (Lipinski definition) is 4. The molecule has 0 unspecified atom stereocenters. The van der Waals surface area contributed by atoms with Crippen molar-refractivity contribution in [2.75, 3.05) is 13.2 Å². The van der Waals surface area contributed by atoms with Crippen molar-refractivity contribution in [3.8, 4) is 5.75 Å². The van der Waals surface area contributed by atoms with Crippen LogP contribution in [-0.2, 0) is 0 Å². The SMILES string of the molecule is O=c1c2ccccc2[nH]c2c(OC[C@H](O)CO)cccc12. The number of hydrogen-bond donors (Lipinski definition) is 3. The molecule has 3 aromatic rings. The van der Waals surface area contributed by atoms with Crippen LogP contribution in [0.3, 0.4) is 0 Å². The standard InChI is InChI=1S/C16H15NO4/c18-8-10(19)9-21-14-7-3-5-12-15(14)17-13-6-2-1-4-11(13)16(12)20/h1-7,10,18-19H,8-9H2,(H,17,20)/t10-/m1/s1. The van der Waals surface area contributed by atoms with E-state index in [1.807, 2.05) is 18.2 Å². The Labute approximate surface area is 120 Å². The minimum Gasteiger partial charge on any atom is -0.489 e. The van der Waals surface area contributed by atoms with E-state index in [-0.39, 0.29) is 18.6 Å². The number of nitrogens with one attached hydrogen (secondary N) is 1. The second kappa shape index (κ2) is 5.55. The lowest BCUT2D eigenvalue weighted by Gasteiger charge is -2.12. The van der Waals surface area contributed by atoms with Crippen LogP contribution in [0.25, 0.3) is 21.8 Å². The number of aliphatic hydroxyl groups excluding tert-OH is 2. The molecule has 1 atom stereocenters. The maximum absolute atomic E-state index is 12.5. The van der Waals surface area contributed by atoms with Crippen molar-refractivity contribution >= 4 is 21.8 Å². The van der Waals surface area contributed by atoms with Gasteiger partial charge >= 0.3 is 0 Å². The van der Waals surface area contributed by atoms with Crippen molar-refractivity contribution in [1.29, 1.82) is 0 Å². The Morgan fingerprint density at radius 1 is 1.10 bits per heavy atom. The van der Waals surface area contributed by atoms with Gasteiger partial charge in [0.15, 0.2) is 5.43 Å². The molecular weight excluding hydrogens is 270 g/mol. The summed E-state index contributed by atoms with van der Waals surface area (Å²) >= 11 is 0. The van der Waals surface area contributed by atoms with Gasteiger partial charge in [-0.05, 0) is 24.3 Å². The molecule has 0 aliphatic carbocycles. The fourth-order valence-corrected chi connectivity index (χ4v) is 2.28. The largest absolute Gasteiger partial charge is 0.489 e. The highest BCUT2D eigenvalue weighted by molar-refractivity contribution is 5.95. The third kappa shape index (κ3) is 2.49. The van der Waals surface area contributed by atoms with Gasteiger partial charge in [-0.3, -0.25) is 4.79 Å². The number of aromatic amines is 1. The lowest BCUT2D eigenvalue weighted by atomic mass is 10.1. The summed E-state index contributed by atoms with van der Waals surface area (Å²) in [6.45, 7) is -0.408. The number of para-hydroxylation sites is 2. The predicted molar refractivity (Wildman–Crippen MR) is 80.7 cm³/mol. The van der Waals surface area contributed by atoms with Crippen LogP contribution >= 0.6 is 0 Å². The van der Waals surface area contributed by atoms with Crippen molar-refractivity contribution in [2.24, 2.45) is 0 Å². The van der Waals surface area contributed by atoms with Gasteiger partial charge in [-0.15, -0.1) is 0 Å². The highest BCUT2D eigenvalue weighted by Gasteiger charge is 2.10. The Hall–Kier alpha value is -2.37. The Morgan fingerprint density at radius 3 is 2.67 bits per heavy atom. The number of aromatic nitrogens is 1. The molecule has 0 amide bonds. The van der Waals surface area contributed by atoms with E-state index in [2.05, 4.69) is 4.98 Å². The second-order valence-corrected chi connectivity index (χ2v) is 4.83. The molecule has 1 aromatic heterocycles. The molecule has 1 heterocycles. The van der Waals surface area contributed by atoms with Gasteiger partial charge in [0.1, 0.15) is 18.5 Å². The molecule has 0 bridgehead atoms. The molecule has 0 saturated heterocycles. The van der Waals surface area contributed by atoms with Gasteiger partial charge in [-0.2, -0.15) is 0 Å². The van der Waals surface area contributed by atoms with Crippen LogP contribution in [0.5, 0.6) is 5.75 Å². The highest BCUT2D eigenvalue weighted by Crippen LogP contribution is 2.24. The van der Waals surface area contributed by atoms with E-state index in [9.17, 15) is 9.90 Å².